The third-order valence-corrected chi connectivity index (χ3v) is 3.59. The average Bonchev–Trinajstić information content (AvgIpc) is 3.07. The van der Waals surface area contributed by atoms with Gasteiger partial charge in [0, 0.05) is 25.2 Å². The molecule has 19 heavy (non-hydrogen) atoms. The van der Waals surface area contributed by atoms with Gasteiger partial charge in [-0.3, -0.25) is 4.79 Å². The molecule has 3 N–H and O–H groups in total. The van der Waals surface area contributed by atoms with Crippen LogP contribution in [-0.2, 0) is 7.05 Å². The molecule has 0 spiro atoms. The summed E-state index contributed by atoms with van der Waals surface area (Å²) in [7, 11) is 1.83. The minimum Gasteiger partial charge on any atom is -0.397 e. The van der Waals surface area contributed by atoms with Gasteiger partial charge < -0.3 is 15.6 Å². The SMILES string of the molecule is Cn1cc(N)cc1C(=O)NC1CC1c1ccccc1. The number of rotatable bonds is 3. The molecule has 0 bridgehead atoms. The van der Waals surface area contributed by atoms with Crippen molar-refractivity contribution >= 4 is 11.6 Å². The summed E-state index contributed by atoms with van der Waals surface area (Å²) in [5, 5.41) is 3.06. The molecule has 4 nitrogen and oxygen atoms in total. The van der Waals surface area contributed by atoms with Crippen molar-refractivity contribution in [3.63, 3.8) is 0 Å². The molecule has 2 unspecified atom stereocenters. The zero-order valence-electron chi connectivity index (χ0n) is 10.8. The fourth-order valence-electron chi connectivity index (χ4n) is 2.48. The van der Waals surface area contributed by atoms with E-state index in [-0.39, 0.29) is 11.9 Å². The van der Waals surface area contributed by atoms with Crippen LogP contribution in [0.1, 0.15) is 28.4 Å². The van der Waals surface area contributed by atoms with Crippen molar-refractivity contribution in [2.75, 3.05) is 5.73 Å². The first-order valence-corrected chi connectivity index (χ1v) is 6.43. The fourth-order valence-corrected chi connectivity index (χ4v) is 2.48. The van der Waals surface area contributed by atoms with Gasteiger partial charge in [0.1, 0.15) is 5.69 Å². The topological polar surface area (TPSA) is 60.0 Å². The monoisotopic (exact) mass is 255 g/mol. The highest BCUT2D eigenvalue weighted by Crippen LogP contribution is 2.40. The first kappa shape index (κ1) is 11.8. The minimum absolute atomic E-state index is 0.0531. The number of anilines is 1. The van der Waals surface area contributed by atoms with E-state index in [0.717, 1.165) is 6.42 Å². The van der Waals surface area contributed by atoms with Crippen LogP contribution < -0.4 is 11.1 Å². The summed E-state index contributed by atoms with van der Waals surface area (Å²) >= 11 is 0. The number of hydrogen-bond acceptors (Lipinski definition) is 2. The largest absolute Gasteiger partial charge is 0.397 e. The van der Waals surface area contributed by atoms with Gasteiger partial charge in [-0.1, -0.05) is 30.3 Å². The van der Waals surface area contributed by atoms with E-state index in [1.54, 1.807) is 16.8 Å². The van der Waals surface area contributed by atoms with Crippen LogP contribution in [-0.4, -0.2) is 16.5 Å². The Morgan fingerprint density at radius 3 is 2.74 bits per heavy atom. The lowest BCUT2D eigenvalue weighted by atomic mass is 10.1. The second kappa shape index (κ2) is 4.46. The normalized spacial score (nSPS) is 21.1. The highest BCUT2D eigenvalue weighted by molar-refractivity contribution is 5.94. The van der Waals surface area contributed by atoms with E-state index in [2.05, 4.69) is 17.4 Å². The molecule has 0 aliphatic heterocycles. The molecule has 1 amide bonds. The Morgan fingerprint density at radius 2 is 2.11 bits per heavy atom. The van der Waals surface area contributed by atoms with Gasteiger partial charge >= 0.3 is 0 Å². The maximum absolute atomic E-state index is 12.1. The zero-order chi connectivity index (χ0) is 13.4. The van der Waals surface area contributed by atoms with Gasteiger partial charge in [0.05, 0.1) is 5.69 Å². The number of aromatic nitrogens is 1. The molecule has 3 rings (SSSR count). The van der Waals surface area contributed by atoms with Crippen molar-refractivity contribution in [2.45, 2.75) is 18.4 Å². The summed E-state index contributed by atoms with van der Waals surface area (Å²) in [6.45, 7) is 0. The van der Waals surface area contributed by atoms with Crippen LogP contribution in [0.5, 0.6) is 0 Å². The van der Waals surface area contributed by atoms with Crippen LogP contribution in [0, 0.1) is 0 Å². The molecule has 98 valence electrons. The average molecular weight is 255 g/mol. The van der Waals surface area contributed by atoms with Gasteiger partial charge in [-0.05, 0) is 18.1 Å². The van der Waals surface area contributed by atoms with E-state index in [9.17, 15) is 4.79 Å². The lowest BCUT2D eigenvalue weighted by Crippen LogP contribution is -2.28. The number of nitrogens with zero attached hydrogens (tertiary/aromatic N) is 1. The summed E-state index contributed by atoms with van der Waals surface area (Å²) in [5.41, 5.74) is 8.19. The molecule has 1 heterocycles. The van der Waals surface area contributed by atoms with Crippen molar-refractivity contribution in [1.29, 1.82) is 0 Å². The Hall–Kier alpha value is -2.23. The molecule has 0 saturated heterocycles. The Labute approximate surface area is 112 Å². The van der Waals surface area contributed by atoms with Gasteiger partial charge in [-0.15, -0.1) is 0 Å². The quantitative estimate of drug-likeness (QED) is 0.880. The number of aryl methyl sites for hydroxylation is 1. The Morgan fingerprint density at radius 1 is 1.37 bits per heavy atom. The van der Waals surface area contributed by atoms with Crippen LogP contribution in [0.2, 0.25) is 0 Å². The molecule has 4 heteroatoms. The van der Waals surface area contributed by atoms with Crippen LogP contribution in [0.4, 0.5) is 5.69 Å². The Balaban J connectivity index is 1.65. The van der Waals surface area contributed by atoms with E-state index in [4.69, 9.17) is 5.73 Å². The number of carbonyl (C=O) groups is 1. The number of nitrogen functional groups attached to an aromatic ring is 1. The van der Waals surface area contributed by atoms with Crippen molar-refractivity contribution in [1.82, 2.24) is 9.88 Å². The highest BCUT2D eigenvalue weighted by Gasteiger charge is 2.39. The van der Waals surface area contributed by atoms with Gasteiger partial charge in [0.15, 0.2) is 0 Å². The van der Waals surface area contributed by atoms with Crippen molar-refractivity contribution in [3.8, 4) is 0 Å². The summed E-state index contributed by atoms with van der Waals surface area (Å²) < 4.78 is 1.75. The van der Waals surface area contributed by atoms with Gasteiger partial charge in [0.25, 0.3) is 5.91 Å². The smallest absolute Gasteiger partial charge is 0.268 e. The summed E-state index contributed by atoms with van der Waals surface area (Å²) in [6.07, 6.45) is 2.76. The lowest BCUT2D eigenvalue weighted by molar-refractivity contribution is 0.0942. The van der Waals surface area contributed by atoms with Crippen molar-refractivity contribution < 1.29 is 4.79 Å². The second-order valence-corrected chi connectivity index (χ2v) is 5.10. The number of benzene rings is 1. The second-order valence-electron chi connectivity index (χ2n) is 5.10. The molecule has 1 fully saturated rings. The third kappa shape index (κ3) is 2.34. The zero-order valence-corrected chi connectivity index (χ0v) is 10.8. The van der Waals surface area contributed by atoms with Crippen LogP contribution >= 0.6 is 0 Å². The molecular formula is C15H17N3O. The fraction of sp³-hybridized carbons (Fsp3) is 0.267. The highest BCUT2D eigenvalue weighted by atomic mass is 16.2. The van der Waals surface area contributed by atoms with E-state index in [0.29, 0.717) is 17.3 Å². The Bertz CT molecular complexity index is 603. The number of nitrogens with one attached hydrogen (secondary N) is 1. The Kier molecular flexibility index (Phi) is 2.78. The molecule has 0 radical (unpaired) electrons. The van der Waals surface area contributed by atoms with Gasteiger partial charge in [0.2, 0.25) is 0 Å². The molecule has 1 aromatic heterocycles. The maximum Gasteiger partial charge on any atom is 0.268 e. The molecule has 1 saturated carbocycles. The van der Waals surface area contributed by atoms with E-state index in [1.807, 2.05) is 25.2 Å². The standard InChI is InChI=1S/C15H17N3O/c1-18-9-11(16)7-14(18)15(19)17-13-8-12(13)10-5-3-2-4-6-10/h2-7,9,12-13H,8,16H2,1H3,(H,17,19). The van der Waals surface area contributed by atoms with E-state index >= 15 is 0 Å². The van der Waals surface area contributed by atoms with Crippen LogP contribution in [0.15, 0.2) is 42.6 Å². The first-order chi connectivity index (χ1) is 9.15. The molecule has 1 aliphatic rings. The first-order valence-electron chi connectivity index (χ1n) is 6.43. The maximum atomic E-state index is 12.1. The summed E-state index contributed by atoms with van der Waals surface area (Å²) in [6, 6.07) is 12.2. The van der Waals surface area contributed by atoms with Crippen molar-refractivity contribution in [2.24, 2.45) is 7.05 Å². The molecule has 2 atom stereocenters. The number of nitrogens with two attached hydrogens (primary N) is 1. The van der Waals surface area contributed by atoms with Crippen LogP contribution in [0.3, 0.4) is 0 Å². The molecule has 1 aliphatic carbocycles. The molecule has 1 aromatic carbocycles. The number of hydrogen-bond donors (Lipinski definition) is 2. The van der Waals surface area contributed by atoms with Crippen molar-refractivity contribution in [3.05, 3.63) is 53.9 Å². The minimum atomic E-state index is -0.0531. The van der Waals surface area contributed by atoms with Gasteiger partial charge in [-0.2, -0.15) is 0 Å². The van der Waals surface area contributed by atoms with Crippen LogP contribution in [0.25, 0.3) is 0 Å². The number of amides is 1. The molecular weight excluding hydrogens is 238 g/mol. The summed E-state index contributed by atoms with van der Waals surface area (Å²) in [4.78, 5) is 12.1. The third-order valence-electron chi connectivity index (χ3n) is 3.59. The number of carbonyl (C=O) groups excluding carboxylic acids is 1. The van der Waals surface area contributed by atoms with E-state index < -0.39 is 0 Å². The predicted molar refractivity (Wildman–Crippen MR) is 74.9 cm³/mol. The summed E-state index contributed by atoms with van der Waals surface area (Å²) in [5.74, 6) is 0.394. The molecule has 2 aromatic rings. The lowest BCUT2D eigenvalue weighted by Gasteiger charge is -2.05. The predicted octanol–water partition coefficient (Wildman–Crippen LogP) is 1.89. The van der Waals surface area contributed by atoms with Gasteiger partial charge in [-0.25, -0.2) is 0 Å². The van der Waals surface area contributed by atoms with E-state index in [1.165, 1.54) is 5.56 Å².